The third-order valence-corrected chi connectivity index (χ3v) is 4.50. The summed E-state index contributed by atoms with van der Waals surface area (Å²) in [4.78, 5) is 16.8. The lowest BCUT2D eigenvalue weighted by molar-refractivity contribution is -0.133. The van der Waals surface area contributed by atoms with E-state index in [0.717, 1.165) is 32.1 Å². The first kappa shape index (κ1) is 14.8. The monoisotopic (exact) mass is 267 g/mol. The lowest BCUT2D eigenvalue weighted by atomic mass is 10.1. The molecule has 0 aromatic carbocycles. The standard InChI is InChI=1S/C15H29N3O/c1-2-17(12-13-6-7-13)14(11-16)10-15(19)18-8-4-3-5-9-18/h13-14H,2-12,16H2,1H3. The lowest BCUT2D eigenvalue weighted by Crippen LogP contribution is -2.46. The molecule has 1 atom stereocenters. The highest BCUT2D eigenvalue weighted by Crippen LogP contribution is 2.30. The maximum absolute atomic E-state index is 12.3. The van der Waals surface area contributed by atoms with E-state index in [2.05, 4.69) is 11.8 Å². The highest BCUT2D eigenvalue weighted by Gasteiger charge is 2.29. The molecule has 19 heavy (non-hydrogen) atoms. The van der Waals surface area contributed by atoms with Crippen LogP contribution in [-0.4, -0.2) is 54.5 Å². The first-order valence-corrected chi connectivity index (χ1v) is 7.96. The van der Waals surface area contributed by atoms with Crippen LogP contribution in [-0.2, 0) is 4.79 Å². The molecule has 110 valence electrons. The van der Waals surface area contributed by atoms with Gasteiger partial charge in [0, 0.05) is 38.6 Å². The quantitative estimate of drug-likeness (QED) is 0.759. The molecule has 2 rings (SSSR count). The Morgan fingerprint density at radius 1 is 1.32 bits per heavy atom. The molecule has 1 saturated carbocycles. The number of hydrogen-bond donors (Lipinski definition) is 1. The lowest BCUT2D eigenvalue weighted by Gasteiger charge is -2.33. The van der Waals surface area contributed by atoms with Gasteiger partial charge in [-0.3, -0.25) is 9.69 Å². The number of piperidine rings is 1. The van der Waals surface area contributed by atoms with E-state index in [1.165, 1.54) is 32.1 Å². The average molecular weight is 267 g/mol. The fourth-order valence-corrected chi connectivity index (χ4v) is 3.00. The van der Waals surface area contributed by atoms with Gasteiger partial charge in [0.1, 0.15) is 0 Å². The Kier molecular flexibility index (Phi) is 5.64. The molecule has 2 aliphatic rings. The predicted molar refractivity (Wildman–Crippen MR) is 77.9 cm³/mol. The van der Waals surface area contributed by atoms with E-state index in [9.17, 15) is 4.79 Å². The third-order valence-electron chi connectivity index (χ3n) is 4.50. The second-order valence-corrected chi connectivity index (χ2v) is 6.07. The van der Waals surface area contributed by atoms with Crippen LogP contribution >= 0.6 is 0 Å². The molecule has 1 saturated heterocycles. The van der Waals surface area contributed by atoms with E-state index in [-0.39, 0.29) is 6.04 Å². The van der Waals surface area contributed by atoms with Gasteiger partial charge in [-0.05, 0) is 44.6 Å². The van der Waals surface area contributed by atoms with E-state index in [1.807, 2.05) is 4.90 Å². The SMILES string of the molecule is CCN(CC1CC1)C(CN)CC(=O)N1CCCCC1. The minimum atomic E-state index is 0.236. The van der Waals surface area contributed by atoms with Crippen LogP contribution in [0.4, 0.5) is 0 Å². The number of amides is 1. The van der Waals surface area contributed by atoms with Gasteiger partial charge in [0.05, 0.1) is 0 Å². The molecule has 2 fully saturated rings. The van der Waals surface area contributed by atoms with Crippen molar-refractivity contribution in [2.75, 3.05) is 32.7 Å². The molecule has 1 heterocycles. The van der Waals surface area contributed by atoms with Gasteiger partial charge in [-0.25, -0.2) is 0 Å². The first-order chi connectivity index (χ1) is 9.24. The maximum Gasteiger partial charge on any atom is 0.224 e. The van der Waals surface area contributed by atoms with Crippen molar-refractivity contribution in [3.05, 3.63) is 0 Å². The molecule has 2 N–H and O–H groups in total. The zero-order valence-electron chi connectivity index (χ0n) is 12.3. The molecule has 4 nitrogen and oxygen atoms in total. The highest BCUT2D eigenvalue weighted by molar-refractivity contribution is 5.76. The predicted octanol–water partition coefficient (Wildman–Crippen LogP) is 1.45. The first-order valence-electron chi connectivity index (χ1n) is 7.96. The number of likely N-dealkylation sites (tertiary alicyclic amines) is 1. The minimum absolute atomic E-state index is 0.236. The van der Waals surface area contributed by atoms with Gasteiger partial charge < -0.3 is 10.6 Å². The van der Waals surface area contributed by atoms with Crippen LogP contribution in [0.2, 0.25) is 0 Å². The summed E-state index contributed by atoms with van der Waals surface area (Å²) in [6.45, 7) is 6.81. The molecule has 1 aliphatic heterocycles. The molecule has 1 amide bonds. The Labute approximate surface area is 117 Å². The second kappa shape index (κ2) is 7.25. The van der Waals surface area contributed by atoms with E-state index in [4.69, 9.17) is 5.73 Å². The Balaban J connectivity index is 1.83. The van der Waals surface area contributed by atoms with E-state index in [0.29, 0.717) is 18.9 Å². The number of likely N-dealkylation sites (N-methyl/N-ethyl adjacent to an activating group) is 1. The van der Waals surface area contributed by atoms with Crippen molar-refractivity contribution in [2.45, 2.75) is 51.5 Å². The number of carbonyl (C=O) groups is 1. The number of hydrogen-bond acceptors (Lipinski definition) is 3. The van der Waals surface area contributed by atoms with Gasteiger partial charge in [0.2, 0.25) is 5.91 Å². The molecule has 0 aromatic heterocycles. The Morgan fingerprint density at radius 2 is 2.00 bits per heavy atom. The Morgan fingerprint density at radius 3 is 2.53 bits per heavy atom. The number of carbonyl (C=O) groups excluding carboxylic acids is 1. The van der Waals surface area contributed by atoms with Crippen LogP contribution in [0.3, 0.4) is 0 Å². The smallest absolute Gasteiger partial charge is 0.224 e. The van der Waals surface area contributed by atoms with Crippen molar-refractivity contribution in [2.24, 2.45) is 11.7 Å². The van der Waals surface area contributed by atoms with Crippen LogP contribution in [0.25, 0.3) is 0 Å². The van der Waals surface area contributed by atoms with Crippen molar-refractivity contribution in [3.8, 4) is 0 Å². The minimum Gasteiger partial charge on any atom is -0.343 e. The maximum atomic E-state index is 12.3. The van der Waals surface area contributed by atoms with Gasteiger partial charge in [0.25, 0.3) is 0 Å². The topological polar surface area (TPSA) is 49.6 Å². The summed E-state index contributed by atoms with van der Waals surface area (Å²) < 4.78 is 0. The van der Waals surface area contributed by atoms with E-state index < -0.39 is 0 Å². The number of rotatable bonds is 7. The summed E-state index contributed by atoms with van der Waals surface area (Å²) in [6, 6.07) is 0.236. The molecule has 1 aliphatic carbocycles. The fourth-order valence-electron chi connectivity index (χ4n) is 3.00. The summed E-state index contributed by atoms with van der Waals surface area (Å²) in [7, 11) is 0. The summed E-state index contributed by atoms with van der Waals surface area (Å²) in [6.07, 6.45) is 6.92. The largest absolute Gasteiger partial charge is 0.343 e. The van der Waals surface area contributed by atoms with Gasteiger partial charge >= 0.3 is 0 Å². The zero-order chi connectivity index (χ0) is 13.7. The molecule has 0 spiro atoms. The van der Waals surface area contributed by atoms with Crippen molar-refractivity contribution < 1.29 is 4.79 Å². The van der Waals surface area contributed by atoms with Crippen LogP contribution < -0.4 is 5.73 Å². The third kappa shape index (κ3) is 4.46. The molecular formula is C15H29N3O. The molecule has 4 heteroatoms. The molecule has 0 bridgehead atoms. The summed E-state index contributed by atoms with van der Waals surface area (Å²) in [5.74, 6) is 1.17. The van der Waals surface area contributed by atoms with Gasteiger partial charge in [-0.1, -0.05) is 6.92 Å². The molecule has 0 aromatic rings. The summed E-state index contributed by atoms with van der Waals surface area (Å²) in [5.41, 5.74) is 5.91. The van der Waals surface area contributed by atoms with Gasteiger partial charge in [-0.2, -0.15) is 0 Å². The molecular weight excluding hydrogens is 238 g/mol. The van der Waals surface area contributed by atoms with Gasteiger partial charge in [0.15, 0.2) is 0 Å². The molecule has 0 radical (unpaired) electrons. The van der Waals surface area contributed by atoms with Crippen molar-refractivity contribution in [1.82, 2.24) is 9.80 Å². The van der Waals surface area contributed by atoms with E-state index >= 15 is 0 Å². The average Bonchev–Trinajstić information content (AvgIpc) is 3.27. The fraction of sp³-hybridized carbons (Fsp3) is 0.933. The Bertz CT molecular complexity index is 285. The summed E-state index contributed by atoms with van der Waals surface area (Å²) in [5, 5.41) is 0. The highest BCUT2D eigenvalue weighted by atomic mass is 16.2. The van der Waals surface area contributed by atoms with Crippen LogP contribution in [0.1, 0.15) is 45.4 Å². The number of nitrogens with zero attached hydrogens (tertiary/aromatic N) is 2. The van der Waals surface area contributed by atoms with Crippen LogP contribution in [0, 0.1) is 5.92 Å². The molecule has 1 unspecified atom stereocenters. The van der Waals surface area contributed by atoms with Crippen molar-refractivity contribution in [1.29, 1.82) is 0 Å². The zero-order valence-corrected chi connectivity index (χ0v) is 12.3. The Hall–Kier alpha value is -0.610. The van der Waals surface area contributed by atoms with Crippen LogP contribution in [0.15, 0.2) is 0 Å². The van der Waals surface area contributed by atoms with Crippen LogP contribution in [0.5, 0.6) is 0 Å². The summed E-state index contributed by atoms with van der Waals surface area (Å²) >= 11 is 0. The number of nitrogens with two attached hydrogens (primary N) is 1. The van der Waals surface area contributed by atoms with E-state index in [1.54, 1.807) is 0 Å². The normalized spacial score (nSPS) is 21.7. The van der Waals surface area contributed by atoms with Crippen molar-refractivity contribution >= 4 is 5.91 Å². The second-order valence-electron chi connectivity index (χ2n) is 6.07. The van der Waals surface area contributed by atoms with Gasteiger partial charge in [-0.15, -0.1) is 0 Å². The van der Waals surface area contributed by atoms with Crippen molar-refractivity contribution in [3.63, 3.8) is 0 Å².